The van der Waals surface area contributed by atoms with E-state index in [4.69, 9.17) is 5.11 Å². The van der Waals surface area contributed by atoms with E-state index < -0.39 is 18.0 Å². The zero-order chi connectivity index (χ0) is 21.3. The molecule has 9 nitrogen and oxygen atoms in total. The van der Waals surface area contributed by atoms with Gasteiger partial charge in [-0.25, -0.2) is 4.79 Å². The van der Waals surface area contributed by atoms with Crippen LogP contribution in [0.4, 0.5) is 0 Å². The van der Waals surface area contributed by atoms with Crippen LogP contribution in [0, 0.1) is 11.8 Å². The molecule has 0 aliphatic carbocycles. The molecule has 10 heteroatoms. The number of aliphatic carboxylic acids is 1. The maximum Gasteiger partial charge on any atom is 0.353 e. The summed E-state index contributed by atoms with van der Waals surface area (Å²) in [5.74, 6) is -2.31. The Morgan fingerprint density at radius 3 is 2.72 bits per heavy atom. The first-order chi connectivity index (χ1) is 13.8. The van der Waals surface area contributed by atoms with Gasteiger partial charge < -0.3 is 30.9 Å². The normalized spacial score (nSPS) is 32.2. The molecule has 0 aromatic rings. The Morgan fingerprint density at radius 1 is 1.38 bits per heavy atom. The lowest BCUT2D eigenvalue weighted by Gasteiger charge is -2.46. The van der Waals surface area contributed by atoms with Crippen molar-refractivity contribution in [2.45, 2.75) is 56.5 Å². The second-order valence-electron chi connectivity index (χ2n) is 7.93. The van der Waals surface area contributed by atoms with Gasteiger partial charge in [-0.1, -0.05) is 6.92 Å². The van der Waals surface area contributed by atoms with E-state index in [1.165, 1.54) is 16.7 Å². The molecule has 2 saturated heterocycles. The molecule has 2 fully saturated rings. The number of hydrogen-bond acceptors (Lipinski definition) is 7. The van der Waals surface area contributed by atoms with Crippen molar-refractivity contribution >= 4 is 29.5 Å². The van der Waals surface area contributed by atoms with Gasteiger partial charge >= 0.3 is 5.97 Å². The molecule has 29 heavy (non-hydrogen) atoms. The average Bonchev–Trinajstić information content (AvgIpc) is 3.21. The lowest BCUT2D eigenvalue weighted by atomic mass is 9.79. The van der Waals surface area contributed by atoms with E-state index in [2.05, 4.69) is 10.6 Å². The number of thioether (sulfide) groups is 1. The number of rotatable bonds is 9. The Bertz CT molecular complexity index is 712. The summed E-state index contributed by atoms with van der Waals surface area (Å²) in [5.41, 5.74) is 0.0197. The SMILES string of the molecule is C[C@@H](O)[C@H]1C(=O)N2C(C(=O)O)=C(S[C@@H]3CN[C@H](C(=O)NCCCCO)C3)[C@H](C)[C@H]12. The van der Waals surface area contributed by atoms with E-state index in [0.717, 1.165) is 6.42 Å². The number of β-lactam (4-membered cyclic amide) rings is 1. The summed E-state index contributed by atoms with van der Waals surface area (Å²) in [6.45, 7) is 4.64. The number of carbonyl (C=O) groups excluding carboxylic acids is 2. The molecule has 3 rings (SSSR count). The second kappa shape index (κ2) is 9.03. The summed E-state index contributed by atoms with van der Waals surface area (Å²) in [5, 5.41) is 34.5. The summed E-state index contributed by atoms with van der Waals surface area (Å²) < 4.78 is 0. The number of hydrogen-bond donors (Lipinski definition) is 5. The van der Waals surface area contributed by atoms with Crippen molar-refractivity contribution in [3.63, 3.8) is 0 Å². The van der Waals surface area contributed by atoms with Crippen LogP contribution in [0.2, 0.25) is 0 Å². The molecular formula is C19H29N3O6S. The zero-order valence-electron chi connectivity index (χ0n) is 16.6. The molecular weight excluding hydrogens is 398 g/mol. The van der Waals surface area contributed by atoms with Gasteiger partial charge in [0, 0.05) is 35.8 Å². The lowest BCUT2D eigenvalue weighted by molar-refractivity contribution is -0.163. The molecule has 0 saturated carbocycles. The molecule has 3 aliphatic rings. The molecule has 0 unspecified atom stereocenters. The summed E-state index contributed by atoms with van der Waals surface area (Å²) in [4.78, 5) is 38.5. The number of unbranched alkanes of at least 4 members (excludes halogenated alkanes) is 1. The largest absolute Gasteiger partial charge is 0.477 e. The third-order valence-corrected chi connectivity index (χ3v) is 7.41. The maximum atomic E-state index is 12.4. The van der Waals surface area contributed by atoms with Gasteiger partial charge in [0.2, 0.25) is 11.8 Å². The minimum Gasteiger partial charge on any atom is -0.477 e. The molecule has 5 N–H and O–H groups in total. The van der Waals surface area contributed by atoms with Crippen LogP contribution in [0.3, 0.4) is 0 Å². The summed E-state index contributed by atoms with van der Waals surface area (Å²) in [7, 11) is 0. The highest BCUT2D eigenvalue weighted by molar-refractivity contribution is 8.03. The molecule has 162 valence electrons. The number of carboxylic acid groups (broad SMARTS) is 1. The smallest absolute Gasteiger partial charge is 0.353 e. The van der Waals surface area contributed by atoms with E-state index >= 15 is 0 Å². The highest BCUT2D eigenvalue weighted by Gasteiger charge is 2.60. The quantitative estimate of drug-likeness (QED) is 0.245. The van der Waals surface area contributed by atoms with Gasteiger partial charge in [-0.05, 0) is 26.2 Å². The van der Waals surface area contributed by atoms with Crippen molar-refractivity contribution in [1.82, 2.24) is 15.5 Å². The molecule has 0 radical (unpaired) electrons. The summed E-state index contributed by atoms with van der Waals surface area (Å²) in [6, 6.07) is -0.660. The minimum atomic E-state index is -1.14. The third-order valence-electron chi connectivity index (χ3n) is 5.90. The van der Waals surface area contributed by atoms with E-state index in [1.807, 2.05) is 6.92 Å². The molecule has 0 aromatic carbocycles. The first kappa shape index (κ1) is 22.1. The predicted octanol–water partition coefficient (Wildman–Crippen LogP) is -0.507. The Morgan fingerprint density at radius 2 is 2.10 bits per heavy atom. The van der Waals surface area contributed by atoms with Crippen molar-refractivity contribution in [3.05, 3.63) is 10.6 Å². The Balaban J connectivity index is 1.63. The van der Waals surface area contributed by atoms with Crippen LogP contribution in [0.15, 0.2) is 10.6 Å². The number of nitrogens with zero attached hydrogens (tertiary/aromatic N) is 1. The van der Waals surface area contributed by atoms with Gasteiger partial charge in [0.05, 0.1) is 24.1 Å². The fourth-order valence-electron chi connectivity index (χ4n) is 4.42. The van der Waals surface area contributed by atoms with Gasteiger partial charge in [0.1, 0.15) is 5.70 Å². The fraction of sp³-hybridized carbons (Fsp3) is 0.737. The summed E-state index contributed by atoms with van der Waals surface area (Å²) in [6.07, 6.45) is 1.11. The van der Waals surface area contributed by atoms with Crippen molar-refractivity contribution in [2.24, 2.45) is 11.8 Å². The molecule has 0 spiro atoms. The Labute approximate surface area is 173 Å². The van der Waals surface area contributed by atoms with Gasteiger partial charge in [-0.15, -0.1) is 11.8 Å². The standard InChI is InChI=1S/C19H29N3O6S/c1-9-14-13(10(2)24)18(26)22(14)15(19(27)28)16(9)29-11-7-12(21-8-11)17(25)20-5-3-4-6-23/h9-14,21,23-24H,3-8H2,1-2H3,(H,20,25)(H,27,28)/t9-,10-,11+,12+,13-,14-/m1/s1. The Kier molecular flexibility index (Phi) is 6.87. The minimum absolute atomic E-state index is 0.0197. The van der Waals surface area contributed by atoms with E-state index in [0.29, 0.717) is 30.8 Å². The number of aliphatic hydroxyl groups excluding tert-OH is 2. The summed E-state index contributed by atoms with van der Waals surface area (Å²) >= 11 is 1.42. The highest BCUT2D eigenvalue weighted by atomic mass is 32.2. The van der Waals surface area contributed by atoms with Crippen molar-refractivity contribution in [1.29, 1.82) is 0 Å². The third kappa shape index (κ3) is 4.16. The average molecular weight is 428 g/mol. The van der Waals surface area contributed by atoms with Gasteiger partial charge in [-0.2, -0.15) is 0 Å². The van der Waals surface area contributed by atoms with Crippen LogP contribution in [0.1, 0.15) is 33.1 Å². The number of carbonyl (C=O) groups is 3. The van der Waals surface area contributed by atoms with E-state index in [-0.39, 0.29) is 47.4 Å². The van der Waals surface area contributed by atoms with Gasteiger partial charge in [0.25, 0.3) is 0 Å². The highest BCUT2D eigenvalue weighted by Crippen LogP contribution is 2.51. The Hall–Kier alpha value is -1.62. The molecule has 2 amide bonds. The number of fused-ring (bicyclic) bond motifs is 1. The maximum absolute atomic E-state index is 12.4. The van der Waals surface area contributed by atoms with E-state index in [9.17, 15) is 24.6 Å². The van der Waals surface area contributed by atoms with Crippen LogP contribution in [-0.4, -0.2) is 81.1 Å². The number of amides is 2. The first-order valence-electron chi connectivity index (χ1n) is 10.0. The number of nitrogens with one attached hydrogen (secondary N) is 2. The molecule has 0 bridgehead atoms. The van der Waals surface area contributed by atoms with Crippen molar-refractivity contribution in [3.8, 4) is 0 Å². The van der Waals surface area contributed by atoms with Crippen molar-refractivity contribution < 1.29 is 29.7 Å². The molecule has 3 heterocycles. The first-order valence-corrected chi connectivity index (χ1v) is 10.9. The fourth-order valence-corrected chi connectivity index (χ4v) is 5.90. The molecule has 6 atom stereocenters. The van der Waals surface area contributed by atoms with Crippen LogP contribution in [-0.2, 0) is 14.4 Å². The van der Waals surface area contributed by atoms with Gasteiger partial charge in [-0.3, -0.25) is 9.59 Å². The van der Waals surface area contributed by atoms with Crippen LogP contribution >= 0.6 is 11.8 Å². The van der Waals surface area contributed by atoms with Crippen LogP contribution < -0.4 is 10.6 Å². The molecule has 3 aliphatic heterocycles. The zero-order valence-corrected chi connectivity index (χ0v) is 17.4. The number of aliphatic hydroxyl groups is 2. The lowest BCUT2D eigenvalue weighted by Crippen LogP contribution is -2.63. The van der Waals surface area contributed by atoms with Gasteiger partial charge in [0.15, 0.2) is 0 Å². The number of carboxylic acids is 1. The predicted molar refractivity (Wildman–Crippen MR) is 107 cm³/mol. The van der Waals surface area contributed by atoms with Crippen LogP contribution in [0.5, 0.6) is 0 Å². The monoisotopic (exact) mass is 427 g/mol. The molecule has 0 aromatic heterocycles. The van der Waals surface area contributed by atoms with Crippen LogP contribution in [0.25, 0.3) is 0 Å². The van der Waals surface area contributed by atoms with E-state index in [1.54, 1.807) is 6.92 Å². The topological polar surface area (TPSA) is 139 Å². The second-order valence-corrected chi connectivity index (χ2v) is 9.27. The van der Waals surface area contributed by atoms with Crippen molar-refractivity contribution in [2.75, 3.05) is 19.7 Å².